The van der Waals surface area contributed by atoms with Crippen molar-refractivity contribution in [2.75, 3.05) is 17.7 Å². The smallest absolute Gasteiger partial charge is 0.257 e. The minimum absolute atomic E-state index is 0.234. The first kappa shape index (κ1) is 14.7. The zero-order valence-electron chi connectivity index (χ0n) is 11.1. The van der Waals surface area contributed by atoms with Gasteiger partial charge in [-0.25, -0.2) is 0 Å². The van der Waals surface area contributed by atoms with E-state index < -0.39 is 0 Å². The monoisotopic (exact) mass is 308 g/mol. The summed E-state index contributed by atoms with van der Waals surface area (Å²) < 4.78 is 0. The second-order valence-corrected chi connectivity index (χ2v) is 5.23. The Morgan fingerprint density at radius 3 is 2.35 bits per heavy atom. The van der Waals surface area contributed by atoms with Gasteiger partial charge in [-0.3, -0.25) is 4.79 Å². The third-order valence-corrected chi connectivity index (χ3v) is 3.41. The van der Waals surface area contributed by atoms with E-state index in [0.717, 1.165) is 5.56 Å². The second kappa shape index (κ2) is 6.16. The van der Waals surface area contributed by atoms with E-state index in [2.05, 4.69) is 10.6 Å². The van der Waals surface area contributed by atoms with Crippen LogP contribution in [0.5, 0.6) is 0 Å². The van der Waals surface area contributed by atoms with Crippen molar-refractivity contribution < 1.29 is 4.79 Å². The summed E-state index contributed by atoms with van der Waals surface area (Å²) in [5.74, 6) is -0.234. The molecule has 3 nitrogen and oxygen atoms in total. The number of benzene rings is 2. The van der Waals surface area contributed by atoms with E-state index in [4.69, 9.17) is 23.2 Å². The van der Waals surface area contributed by atoms with Crippen LogP contribution in [0, 0.1) is 6.92 Å². The lowest BCUT2D eigenvalue weighted by Crippen LogP contribution is -2.14. The normalized spacial score (nSPS) is 10.2. The van der Waals surface area contributed by atoms with Crippen molar-refractivity contribution in [3.05, 3.63) is 57.6 Å². The molecular formula is C15H14Cl2N2O. The number of hydrogen-bond donors (Lipinski definition) is 2. The molecule has 104 valence electrons. The second-order valence-electron chi connectivity index (χ2n) is 4.35. The topological polar surface area (TPSA) is 41.1 Å². The van der Waals surface area contributed by atoms with Crippen molar-refractivity contribution in [2.45, 2.75) is 6.92 Å². The van der Waals surface area contributed by atoms with Crippen LogP contribution in [0.15, 0.2) is 36.4 Å². The van der Waals surface area contributed by atoms with Gasteiger partial charge in [0, 0.05) is 28.5 Å². The maximum atomic E-state index is 12.4. The van der Waals surface area contributed by atoms with Gasteiger partial charge in [0.05, 0.1) is 5.56 Å². The zero-order chi connectivity index (χ0) is 14.7. The van der Waals surface area contributed by atoms with Crippen molar-refractivity contribution >= 4 is 40.5 Å². The lowest BCUT2D eigenvalue weighted by atomic mass is 10.1. The zero-order valence-corrected chi connectivity index (χ0v) is 12.6. The van der Waals surface area contributed by atoms with Gasteiger partial charge in [0.25, 0.3) is 5.91 Å². The molecule has 0 spiro atoms. The Balaban J connectivity index is 2.32. The van der Waals surface area contributed by atoms with E-state index in [-0.39, 0.29) is 5.91 Å². The molecule has 0 radical (unpaired) electrons. The van der Waals surface area contributed by atoms with Crippen LogP contribution in [-0.2, 0) is 0 Å². The highest BCUT2D eigenvalue weighted by atomic mass is 35.5. The van der Waals surface area contributed by atoms with Crippen LogP contribution in [0.3, 0.4) is 0 Å². The highest BCUT2D eigenvalue weighted by Crippen LogP contribution is 2.24. The van der Waals surface area contributed by atoms with Gasteiger partial charge in [-0.1, -0.05) is 29.3 Å². The summed E-state index contributed by atoms with van der Waals surface area (Å²) in [6.07, 6.45) is 0. The largest absolute Gasteiger partial charge is 0.387 e. The molecule has 0 aliphatic rings. The van der Waals surface area contributed by atoms with Gasteiger partial charge in [0.1, 0.15) is 0 Å². The minimum atomic E-state index is -0.234. The number of carbonyl (C=O) groups is 1. The highest BCUT2D eigenvalue weighted by Gasteiger charge is 2.13. The van der Waals surface area contributed by atoms with E-state index in [9.17, 15) is 4.79 Å². The van der Waals surface area contributed by atoms with Crippen LogP contribution in [0.2, 0.25) is 10.0 Å². The molecule has 0 fully saturated rings. The van der Waals surface area contributed by atoms with Crippen molar-refractivity contribution in [3.63, 3.8) is 0 Å². The van der Waals surface area contributed by atoms with Gasteiger partial charge in [0.2, 0.25) is 0 Å². The molecule has 2 rings (SSSR count). The molecule has 0 aromatic heterocycles. The summed E-state index contributed by atoms with van der Waals surface area (Å²) in [5.41, 5.74) is 2.83. The molecule has 2 N–H and O–H groups in total. The Labute approximate surface area is 127 Å². The van der Waals surface area contributed by atoms with E-state index in [1.54, 1.807) is 37.4 Å². The first-order valence-corrected chi connectivity index (χ1v) is 6.81. The third kappa shape index (κ3) is 3.24. The number of nitrogens with one attached hydrogen (secondary N) is 2. The van der Waals surface area contributed by atoms with Crippen LogP contribution in [0.1, 0.15) is 15.9 Å². The fourth-order valence-electron chi connectivity index (χ4n) is 1.84. The van der Waals surface area contributed by atoms with Gasteiger partial charge in [-0.15, -0.1) is 0 Å². The van der Waals surface area contributed by atoms with Crippen molar-refractivity contribution in [3.8, 4) is 0 Å². The molecule has 2 aromatic carbocycles. The molecule has 0 bridgehead atoms. The SMILES string of the molecule is CNc1ccc(Cl)cc1C(=O)Nc1cc(Cl)ccc1C. The van der Waals surface area contributed by atoms with Gasteiger partial charge in [0.15, 0.2) is 0 Å². The van der Waals surface area contributed by atoms with Crippen LogP contribution in [0.4, 0.5) is 11.4 Å². The molecule has 0 saturated carbocycles. The predicted octanol–water partition coefficient (Wildman–Crippen LogP) is 4.60. The van der Waals surface area contributed by atoms with Crippen molar-refractivity contribution in [2.24, 2.45) is 0 Å². The number of amides is 1. The molecule has 0 saturated heterocycles. The lowest BCUT2D eigenvalue weighted by molar-refractivity contribution is 0.102. The molecule has 0 aliphatic heterocycles. The summed E-state index contributed by atoms with van der Waals surface area (Å²) in [7, 11) is 1.75. The van der Waals surface area contributed by atoms with Gasteiger partial charge < -0.3 is 10.6 Å². The summed E-state index contributed by atoms with van der Waals surface area (Å²) in [5, 5.41) is 6.90. The average molecular weight is 309 g/mol. The number of anilines is 2. The highest BCUT2D eigenvalue weighted by molar-refractivity contribution is 6.31. The minimum Gasteiger partial charge on any atom is -0.387 e. The van der Waals surface area contributed by atoms with Crippen molar-refractivity contribution in [1.82, 2.24) is 0 Å². The van der Waals surface area contributed by atoms with Crippen LogP contribution in [-0.4, -0.2) is 13.0 Å². The quantitative estimate of drug-likeness (QED) is 0.870. The predicted molar refractivity (Wildman–Crippen MR) is 85.1 cm³/mol. The number of halogens is 2. The number of rotatable bonds is 3. The maximum Gasteiger partial charge on any atom is 0.257 e. The number of hydrogen-bond acceptors (Lipinski definition) is 2. The molecular weight excluding hydrogens is 295 g/mol. The van der Waals surface area contributed by atoms with E-state index in [1.165, 1.54) is 0 Å². The molecule has 0 heterocycles. The number of aryl methyl sites for hydroxylation is 1. The van der Waals surface area contributed by atoms with Gasteiger partial charge in [-0.2, -0.15) is 0 Å². The summed E-state index contributed by atoms with van der Waals surface area (Å²) >= 11 is 11.9. The fraction of sp³-hybridized carbons (Fsp3) is 0.133. The molecule has 0 atom stereocenters. The molecule has 0 unspecified atom stereocenters. The molecule has 20 heavy (non-hydrogen) atoms. The lowest BCUT2D eigenvalue weighted by Gasteiger charge is -2.12. The first-order chi connectivity index (χ1) is 9.51. The standard InChI is InChI=1S/C15H14Cl2N2O/c1-9-3-4-11(17)8-14(9)19-15(20)12-7-10(16)5-6-13(12)18-2/h3-8,18H,1-2H3,(H,19,20). The Bertz CT molecular complexity index is 656. The third-order valence-electron chi connectivity index (χ3n) is 2.94. The Kier molecular flexibility index (Phi) is 4.53. The van der Waals surface area contributed by atoms with Crippen LogP contribution < -0.4 is 10.6 Å². The summed E-state index contributed by atoms with van der Waals surface area (Å²) in [6, 6.07) is 10.5. The van der Waals surface area contributed by atoms with Crippen LogP contribution >= 0.6 is 23.2 Å². The molecule has 0 aliphatic carbocycles. The van der Waals surface area contributed by atoms with Crippen LogP contribution in [0.25, 0.3) is 0 Å². The van der Waals surface area contributed by atoms with Crippen molar-refractivity contribution in [1.29, 1.82) is 0 Å². The summed E-state index contributed by atoms with van der Waals surface area (Å²) in [4.78, 5) is 12.4. The molecule has 2 aromatic rings. The molecule has 5 heteroatoms. The van der Waals surface area contributed by atoms with E-state index in [1.807, 2.05) is 13.0 Å². The van der Waals surface area contributed by atoms with Gasteiger partial charge >= 0.3 is 0 Å². The fourth-order valence-corrected chi connectivity index (χ4v) is 2.19. The first-order valence-electron chi connectivity index (χ1n) is 6.06. The van der Waals surface area contributed by atoms with Gasteiger partial charge in [-0.05, 0) is 42.8 Å². The Morgan fingerprint density at radius 1 is 1.00 bits per heavy atom. The van der Waals surface area contributed by atoms with E-state index in [0.29, 0.717) is 27.0 Å². The summed E-state index contributed by atoms with van der Waals surface area (Å²) in [6.45, 7) is 1.91. The van der Waals surface area contributed by atoms with E-state index >= 15 is 0 Å². The maximum absolute atomic E-state index is 12.4. The molecule has 1 amide bonds. The average Bonchev–Trinajstić information content (AvgIpc) is 2.42. The number of carbonyl (C=O) groups excluding carboxylic acids is 1. The Hall–Kier alpha value is -1.71. The Morgan fingerprint density at radius 2 is 1.65 bits per heavy atom.